The highest BCUT2D eigenvalue weighted by Gasteiger charge is 2.27. The van der Waals surface area contributed by atoms with Crippen LogP contribution >= 0.6 is 0 Å². The molecule has 0 saturated heterocycles. The summed E-state index contributed by atoms with van der Waals surface area (Å²) in [5.74, 6) is -0.442. The van der Waals surface area contributed by atoms with E-state index in [1.54, 1.807) is 6.07 Å². The van der Waals surface area contributed by atoms with Crippen LogP contribution in [0, 0.1) is 0 Å². The molecule has 0 spiro atoms. The maximum atomic E-state index is 12.8. The molecule has 0 bridgehead atoms. The molecule has 0 radical (unpaired) electrons. The van der Waals surface area contributed by atoms with Gasteiger partial charge in [-0.25, -0.2) is 0 Å². The van der Waals surface area contributed by atoms with Gasteiger partial charge in [0.2, 0.25) is 5.78 Å². The number of nitrogens with zero attached hydrogens (tertiary/aromatic N) is 1. The molecule has 0 aliphatic heterocycles. The molecule has 0 atom stereocenters. The molecule has 0 unspecified atom stereocenters. The number of rotatable bonds is 3. The largest absolute Gasteiger partial charge is 0.395 e. The monoisotopic (exact) mass is 318 g/mol. The number of nitrogens with one attached hydrogen (secondary N) is 1. The first-order valence-corrected chi connectivity index (χ1v) is 7.67. The quantitative estimate of drug-likeness (QED) is 0.607. The van der Waals surface area contributed by atoms with Crippen molar-refractivity contribution in [3.8, 4) is 11.1 Å². The second kappa shape index (κ2) is 5.54. The maximum absolute atomic E-state index is 12.8. The SMILES string of the molecule is O=C(NCCO)c1cnc2c3c(cccc13)-c1ccccc1C2=O. The molecule has 0 fully saturated rings. The molecule has 4 rings (SSSR count). The van der Waals surface area contributed by atoms with Crippen LogP contribution in [0.5, 0.6) is 0 Å². The molecule has 3 aromatic rings. The first-order valence-electron chi connectivity index (χ1n) is 7.67. The lowest BCUT2D eigenvalue weighted by molar-refractivity contribution is 0.0944. The first-order chi connectivity index (χ1) is 11.7. The average Bonchev–Trinajstić information content (AvgIpc) is 2.63. The van der Waals surface area contributed by atoms with Crippen molar-refractivity contribution in [1.82, 2.24) is 10.3 Å². The van der Waals surface area contributed by atoms with Crippen LogP contribution in [-0.4, -0.2) is 34.9 Å². The van der Waals surface area contributed by atoms with E-state index in [4.69, 9.17) is 5.11 Å². The van der Waals surface area contributed by atoms with Gasteiger partial charge < -0.3 is 10.4 Å². The summed E-state index contributed by atoms with van der Waals surface area (Å²) >= 11 is 0. The molecule has 1 heterocycles. The van der Waals surface area contributed by atoms with Crippen molar-refractivity contribution in [3.05, 3.63) is 65.5 Å². The number of carbonyl (C=O) groups excluding carboxylic acids is 2. The Morgan fingerprint density at radius 1 is 1.04 bits per heavy atom. The Labute approximate surface area is 138 Å². The molecule has 118 valence electrons. The molecule has 1 aliphatic carbocycles. The van der Waals surface area contributed by atoms with Gasteiger partial charge in [0, 0.05) is 23.7 Å². The lowest BCUT2D eigenvalue weighted by Crippen LogP contribution is -2.27. The van der Waals surface area contributed by atoms with Gasteiger partial charge in [-0.1, -0.05) is 42.5 Å². The van der Waals surface area contributed by atoms with E-state index in [9.17, 15) is 9.59 Å². The Morgan fingerprint density at radius 2 is 1.79 bits per heavy atom. The van der Waals surface area contributed by atoms with Gasteiger partial charge in [0.15, 0.2) is 0 Å². The molecule has 24 heavy (non-hydrogen) atoms. The van der Waals surface area contributed by atoms with E-state index < -0.39 is 0 Å². The lowest BCUT2D eigenvalue weighted by atomic mass is 9.84. The molecule has 1 amide bonds. The number of benzene rings is 2. The van der Waals surface area contributed by atoms with Crippen molar-refractivity contribution in [2.45, 2.75) is 0 Å². The van der Waals surface area contributed by atoms with Crippen LogP contribution < -0.4 is 5.32 Å². The van der Waals surface area contributed by atoms with Gasteiger partial charge in [-0.15, -0.1) is 0 Å². The summed E-state index contributed by atoms with van der Waals surface area (Å²) in [6.07, 6.45) is 1.43. The minimum absolute atomic E-state index is 0.128. The van der Waals surface area contributed by atoms with Crippen LogP contribution in [0.15, 0.2) is 48.7 Å². The third kappa shape index (κ3) is 2.02. The van der Waals surface area contributed by atoms with Crippen LogP contribution in [0.3, 0.4) is 0 Å². The number of carbonyl (C=O) groups is 2. The van der Waals surface area contributed by atoms with Crippen LogP contribution in [0.4, 0.5) is 0 Å². The zero-order valence-corrected chi connectivity index (χ0v) is 12.7. The van der Waals surface area contributed by atoms with Gasteiger partial charge in [0.1, 0.15) is 5.69 Å². The van der Waals surface area contributed by atoms with Crippen molar-refractivity contribution in [2.75, 3.05) is 13.2 Å². The minimum atomic E-state index is -0.313. The van der Waals surface area contributed by atoms with Crippen LogP contribution in [0.2, 0.25) is 0 Å². The normalized spacial score (nSPS) is 12.1. The van der Waals surface area contributed by atoms with Gasteiger partial charge in [-0.05, 0) is 16.5 Å². The number of fused-ring (bicyclic) bond motifs is 2. The van der Waals surface area contributed by atoms with Crippen molar-refractivity contribution < 1.29 is 14.7 Å². The van der Waals surface area contributed by atoms with Crippen LogP contribution in [0.1, 0.15) is 26.4 Å². The third-order valence-electron chi connectivity index (χ3n) is 4.23. The highest BCUT2D eigenvalue weighted by atomic mass is 16.3. The van der Waals surface area contributed by atoms with Gasteiger partial charge in [-0.3, -0.25) is 14.6 Å². The van der Waals surface area contributed by atoms with E-state index in [0.717, 1.165) is 11.1 Å². The highest BCUT2D eigenvalue weighted by Crippen LogP contribution is 2.39. The average molecular weight is 318 g/mol. The van der Waals surface area contributed by atoms with Gasteiger partial charge in [0.25, 0.3) is 5.91 Å². The third-order valence-corrected chi connectivity index (χ3v) is 4.23. The fourth-order valence-corrected chi connectivity index (χ4v) is 3.18. The Hall–Kier alpha value is -3.05. The summed E-state index contributed by atoms with van der Waals surface area (Å²) in [4.78, 5) is 29.4. The zero-order chi connectivity index (χ0) is 16.7. The molecule has 1 aliphatic rings. The predicted octanol–water partition coefficient (Wildman–Crippen LogP) is 2.17. The molecule has 0 saturated carbocycles. The molecular weight excluding hydrogens is 304 g/mol. The van der Waals surface area contributed by atoms with Gasteiger partial charge >= 0.3 is 0 Å². The summed E-state index contributed by atoms with van der Waals surface area (Å²) in [5.41, 5.74) is 3.16. The van der Waals surface area contributed by atoms with E-state index in [2.05, 4.69) is 10.3 Å². The number of hydrogen-bond acceptors (Lipinski definition) is 4. The first kappa shape index (κ1) is 14.5. The summed E-state index contributed by atoms with van der Waals surface area (Å²) in [6.45, 7) is 0.0375. The van der Waals surface area contributed by atoms with E-state index in [1.807, 2.05) is 36.4 Å². The number of hydrogen-bond donors (Lipinski definition) is 2. The second-order valence-electron chi connectivity index (χ2n) is 5.60. The minimum Gasteiger partial charge on any atom is -0.395 e. The predicted molar refractivity (Wildman–Crippen MR) is 90.0 cm³/mol. The van der Waals surface area contributed by atoms with E-state index in [0.29, 0.717) is 27.6 Å². The number of aromatic nitrogens is 1. The van der Waals surface area contributed by atoms with Crippen molar-refractivity contribution in [1.29, 1.82) is 0 Å². The second-order valence-corrected chi connectivity index (χ2v) is 5.60. The number of ketones is 1. The molecule has 5 heteroatoms. The fraction of sp³-hybridized carbons (Fsp3) is 0.105. The van der Waals surface area contributed by atoms with E-state index in [-0.39, 0.29) is 24.8 Å². The fourth-order valence-electron chi connectivity index (χ4n) is 3.18. The Morgan fingerprint density at radius 3 is 2.58 bits per heavy atom. The lowest BCUT2D eigenvalue weighted by Gasteiger charge is -2.20. The maximum Gasteiger partial charge on any atom is 0.253 e. The summed E-state index contributed by atoms with van der Waals surface area (Å²) < 4.78 is 0. The summed E-state index contributed by atoms with van der Waals surface area (Å²) in [6, 6.07) is 13.1. The van der Waals surface area contributed by atoms with Gasteiger partial charge in [0.05, 0.1) is 12.2 Å². The molecule has 1 aromatic heterocycles. The molecule has 2 aromatic carbocycles. The Kier molecular flexibility index (Phi) is 3.36. The Balaban J connectivity index is 2.00. The Bertz CT molecular complexity index is 995. The standard InChI is InChI=1S/C19H14N2O3/c22-9-8-20-19(24)15-10-21-17-16-12(6-3-7-13(15)16)11-4-1-2-5-14(11)18(17)23/h1-7,10,22H,8-9H2,(H,20,24). The molecular formula is C19H14N2O3. The van der Waals surface area contributed by atoms with Crippen LogP contribution in [0.25, 0.3) is 21.9 Å². The number of pyridine rings is 1. The van der Waals surface area contributed by atoms with E-state index in [1.165, 1.54) is 6.20 Å². The number of amides is 1. The smallest absolute Gasteiger partial charge is 0.253 e. The van der Waals surface area contributed by atoms with Crippen LogP contribution in [-0.2, 0) is 0 Å². The topological polar surface area (TPSA) is 79.3 Å². The summed E-state index contributed by atoms with van der Waals surface area (Å²) in [5, 5.41) is 12.9. The number of aliphatic hydroxyl groups excluding tert-OH is 1. The van der Waals surface area contributed by atoms with Crippen molar-refractivity contribution in [3.63, 3.8) is 0 Å². The van der Waals surface area contributed by atoms with Gasteiger partial charge in [-0.2, -0.15) is 0 Å². The zero-order valence-electron chi connectivity index (χ0n) is 12.7. The van der Waals surface area contributed by atoms with E-state index >= 15 is 0 Å². The van der Waals surface area contributed by atoms with Crippen molar-refractivity contribution >= 4 is 22.5 Å². The summed E-state index contributed by atoms with van der Waals surface area (Å²) in [7, 11) is 0. The molecule has 2 N–H and O–H groups in total. The number of aliphatic hydroxyl groups is 1. The van der Waals surface area contributed by atoms with Crippen molar-refractivity contribution in [2.24, 2.45) is 0 Å². The highest BCUT2D eigenvalue weighted by molar-refractivity contribution is 6.26. The molecule has 5 nitrogen and oxygen atoms in total.